The van der Waals surface area contributed by atoms with Gasteiger partial charge in [-0.2, -0.15) is 0 Å². The van der Waals surface area contributed by atoms with E-state index >= 15 is 0 Å². The lowest BCUT2D eigenvalue weighted by Gasteiger charge is -2.46. The quantitative estimate of drug-likeness (QED) is 0.839. The fourth-order valence-corrected chi connectivity index (χ4v) is 4.68. The minimum absolute atomic E-state index is 0.00535. The fraction of sp³-hybridized carbons (Fsp3) is 0.476. The molecular weight excluding hydrogens is 370 g/mol. The van der Waals surface area contributed by atoms with E-state index in [4.69, 9.17) is 0 Å². The topological polar surface area (TPSA) is 97.2 Å². The lowest BCUT2D eigenvalue weighted by atomic mass is 9.78. The van der Waals surface area contributed by atoms with Gasteiger partial charge in [0, 0.05) is 55.0 Å². The number of hydrogen-bond donors (Lipinski definition) is 1. The number of pyridine rings is 1. The summed E-state index contributed by atoms with van der Waals surface area (Å²) in [6.45, 7) is 6.57. The van der Waals surface area contributed by atoms with E-state index in [0.29, 0.717) is 18.9 Å². The largest absolute Gasteiger partial charge is 0.347 e. The zero-order chi connectivity index (χ0) is 20.7. The van der Waals surface area contributed by atoms with Gasteiger partial charge in [0.05, 0.1) is 6.54 Å². The van der Waals surface area contributed by atoms with Gasteiger partial charge in [-0.05, 0) is 32.4 Å². The van der Waals surface area contributed by atoms with Crippen molar-refractivity contribution in [2.24, 2.45) is 5.92 Å². The molecule has 1 fully saturated rings. The van der Waals surface area contributed by atoms with E-state index in [0.717, 1.165) is 23.5 Å². The first-order valence-corrected chi connectivity index (χ1v) is 9.89. The zero-order valence-electron chi connectivity index (χ0n) is 16.9. The second-order valence-electron chi connectivity index (χ2n) is 8.01. The third-order valence-electron chi connectivity index (χ3n) is 5.81. The van der Waals surface area contributed by atoms with Crippen molar-refractivity contribution in [2.75, 3.05) is 13.1 Å². The van der Waals surface area contributed by atoms with Gasteiger partial charge in [-0.1, -0.05) is 6.07 Å². The third-order valence-corrected chi connectivity index (χ3v) is 5.81. The average molecular weight is 395 g/mol. The Bertz CT molecular complexity index is 1010. The zero-order valence-corrected chi connectivity index (χ0v) is 16.9. The van der Waals surface area contributed by atoms with Gasteiger partial charge in [0.25, 0.3) is 5.56 Å². The highest BCUT2D eigenvalue weighted by atomic mass is 16.2. The van der Waals surface area contributed by atoms with Crippen molar-refractivity contribution in [1.29, 1.82) is 0 Å². The number of aromatic nitrogens is 3. The monoisotopic (exact) mass is 395 g/mol. The Balaban J connectivity index is 1.64. The molecule has 2 aromatic heterocycles. The number of piperidine rings is 1. The van der Waals surface area contributed by atoms with Crippen molar-refractivity contribution in [3.05, 3.63) is 57.5 Å². The van der Waals surface area contributed by atoms with E-state index in [9.17, 15) is 14.4 Å². The van der Waals surface area contributed by atoms with Gasteiger partial charge >= 0.3 is 0 Å². The summed E-state index contributed by atoms with van der Waals surface area (Å²) in [5.41, 5.74) is 2.32. The smallest absolute Gasteiger partial charge is 0.251 e. The standard InChI is InChI=1S/C21H25N5O3/c1-12-7-13(2)24-18(23-12)9-22-21(29)20-16-8-15(10-25(11-16)14(3)27)17-5-4-6-19(28)26(17)20/h4-7,15-16,20H,8-11H2,1-3H3,(H,22,29)/t15-,16+,20-/m1/s1. The maximum absolute atomic E-state index is 13.2. The highest BCUT2D eigenvalue weighted by Crippen LogP contribution is 2.41. The molecule has 4 rings (SSSR count). The Hall–Kier alpha value is -3.03. The molecule has 152 valence electrons. The highest BCUT2D eigenvalue weighted by molar-refractivity contribution is 5.81. The maximum atomic E-state index is 13.2. The molecule has 0 saturated carbocycles. The van der Waals surface area contributed by atoms with Crippen molar-refractivity contribution >= 4 is 11.8 Å². The van der Waals surface area contributed by atoms with Crippen LogP contribution in [0.4, 0.5) is 0 Å². The normalized spacial score (nSPS) is 22.7. The van der Waals surface area contributed by atoms with Gasteiger partial charge in [0.2, 0.25) is 11.8 Å². The van der Waals surface area contributed by atoms with Crippen molar-refractivity contribution in [2.45, 2.75) is 45.7 Å². The van der Waals surface area contributed by atoms with Crippen LogP contribution < -0.4 is 10.9 Å². The minimum Gasteiger partial charge on any atom is -0.347 e. The van der Waals surface area contributed by atoms with Crippen molar-refractivity contribution < 1.29 is 9.59 Å². The molecule has 4 heterocycles. The number of nitrogens with one attached hydrogen (secondary N) is 1. The van der Waals surface area contributed by atoms with Crippen LogP contribution in [0.1, 0.15) is 48.2 Å². The molecule has 29 heavy (non-hydrogen) atoms. The Morgan fingerprint density at radius 1 is 1.17 bits per heavy atom. The molecule has 1 N–H and O–H groups in total. The molecule has 1 saturated heterocycles. The van der Waals surface area contributed by atoms with Gasteiger partial charge in [-0.15, -0.1) is 0 Å². The number of aryl methyl sites for hydroxylation is 2. The van der Waals surface area contributed by atoms with Crippen LogP contribution in [0.25, 0.3) is 0 Å². The van der Waals surface area contributed by atoms with E-state index in [1.165, 1.54) is 6.07 Å². The molecule has 2 aliphatic rings. The van der Waals surface area contributed by atoms with Crippen LogP contribution in [0, 0.1) is 19.8 Å². The first kappa shape index (κ1) is 19.3. The molecule has 0 aliphatic carbocycles. The summed E-state index contributed by atoms with van der Waals surface area (Å²) in [5.74, 6) is 0.258. The van der Waals surface area contributed by atoms with Crippen LogP contribution >= 0.6 is 0 Å². The van der Waals surface area contributed by atoms with Crippen molar-refractivity contribution in [3.8, 4) is 0 Å². The number of rotatable bonds is 3. The summed E-state index contributed by atoms with van der Waals surface area (Å²) in [4.78, 5) is 48.4. The van der Waals surface area contributed by atoms with Crippen molar-refractivity contribution in [1.82, 2.24) is 24.8 Å². The molecular formula is C21H25N5O3. The van der Waals surface area contributed by atoms with E-state index in [2.05, 4.69) is 15.3 Å². The van der Waals surface area contributed by atoms with Gasteiger partial charge in [0.1, 0.15) is 11.9 Å². The third kappa shape index (κ3) is 3.66. The first-order valence-electron chi connectivity index (χ1n) is 9.89. The SMILES string of the molecule is CC(=O)N1C[C@H]2C[C@@H](C1)[C@H](C(=O)NCc1nc(C)cc(C)n1)n1c2cccc1=O. The second kappa shape index (κ2) is 7.42. The molecule has 8 heteroatoms. The van der Waals surface area contributed by atoms with Crippen LogP contribution in [0.2, 0.25) is 0 Å². The van der Waals surface area contributed by atoms with E-state index in [1.54, 1.807) is 22.5 Å². The Kier molecular flexibility index (Phi) is 4.94. The van der Waals surface area contributed by atoms with Crippen LogP contribution in [0.3, 0.4) is 0 Å². The molecule has 0 radical (unpaired) electrons. The van der Waals surface area contributed by atoms with Gasteiger partial charge < -0.3 is 10.2 Å². The number of hydrogen-bond acceptors (Lipinski definition) is 5. The number of likely N-dealkylation sites (tertiary alicyclic amines) is 1. The van der Waals surface area contributed by atoms with Gasteiger partial charge in [-0.25, -0.2) is 9.97 Å². The summed E-state index contributed by atoms with van der Waals surface area (Å²) in [6.07, 6.45) is 0.783. The van der Waals surface area contributed by atoms with Crippen LogP contribution in [0.5, 0.6) is 0 Å². The molecule has 0 spiro atoms. The number of amides is 2. The van der Waals surface area contributed by atoms with Gasteiger partial charge in [0.15, 0.2) is 0 Å². The number of fused-ring (bicyclic) bond motifs is 4. The molecule has 2 amide bonds. The second-order valence-corrected chi connectivity index (χ2v) is 8.01. The molecule has 2 aliphatic heterocycles. The van der Waals surface area contributed by atoms with E-state index in [-0.39, 0.29) is 35.8 Å². The van der Waals surface area contributed by atoms with Crippen LogP contribution in [-0.4, -0.2) is 44.3 Å². The number of carbonyl (C=O) groups is 2. The van der Waals surface area contributed by atoms with E-state index < -0.39 is 6.04 Å². The maximum Gasteiger partial charge on any atom is 0.251 e. The molecule has 0 aromatic carbocycles. The summed E-state index contributed by atoms with van der Waals surface area (Å²) in [7, 11) is 0. The predicted molar refractivity (Wildman–Crippen MR) is 106 cm³/mol. The minimum atomic E-state index is -0.650. The highest BCUT2D eigenvalue weighted by Gasteiger charge is 2.44. The number of carbonyl (C=O) groups excluding carboxylic acids is 2. The lowest BCUT2D eigenvalue weighted by Crippen LogP contribution is -2.54. The Morgan fingerprint density at radius 3 is 2.59 bits per heavy atom. The summed E-state index contributed by atoms with van der Waals surface area (Å²) < 4.78 is 1.62. The number of nitrogens with zero attached hydrogens (tertiary/aromatic N) is 4. The Morgan fingerprint density at radius 2 is 1.90 bits per heavy atom. The fourth-order valence-electron chi connectivity index (χ4n) is 4.68. The summed E-state index contributed by atoms with van der Waals surface area (Å²) in [6, 6.07) is 6.32. The van der Waals surface area contributed by atoms with Crippen LogP contribution in [0.15, 0.2) is 29.1 Å². The first-order chi connectivity index (χ1) is 13.8. The van der Waals surface area contributed by atoms with Crippen LogP contribution in [-0.2, 0) is 16.1 Å². The molecule has 0 unspecified atom stereocenters. The summed E-state index contributed by atoms with van der Waals surface area (Å²) >= 11 is 0. The predicted octanol–water partition coefficient (Wildman–Crippen LogP) is 1.08. The molecule has 2 bridgehead atoms. The Labute approximate surface area is 169 Å². The van der Waals surface area contributed by atoms with Crippen molar-refractivity contribution in [3.63, 3.8) is 0 Å². The molecule has 3 atom stereocenters. The van der Waals surface area contributed by atoms with Gasteiger partial charge in [-0.3, -0.25) is 19.0 Å². The van der Waals surface area contributed by atoms with E-state index in [1.807, 2.05) is 26.0 Å². The lowest BCUT2D eigenvalue weighted by molar-refractivity contribution is -0.135. The molecule has 8 nitrogen and oxygen atoms in total. The summed E-state index contributed by atoms with van der Waals surface area (Å²) in [5, 5.41) is 2.91. The average Bonchev–Trinajstić information content (AvgIpc) is 2.66. The molecule has 2 aromatic rings.